The molecule has 0 unspecified atom stereocenters. The number of carbonyl (C=O) groups is 1. The summed E-state index contributed by atoms with van der Waals surface area (Å²) in [7, 11) is 1.45. The van der Waals surface area contributed by atoms with Crippen LogP contribution in [-0.4, -0.2) is 49.7 Å². The van der Waals surface area contributed by atoms with Gasteiger partial charge < -0.3 is 10.1 Å². The fourth-order valence-electron chi connectivity index (χ4n) is 2.13. The molecule has 0 radical (unpaired) electrons. The predicted octanol–water partition coefficient (Wildman–Crippen LogP) is 0.869. The molecule has 1 heterocycles. The molecular weight excluding hydrogens is 204 g/mol. The summed E-state index contributed by atoms with van der Waals surface area (Å²) in [6, 6.07) is 0. The molecule has 0 amide bonds. The number of carbonyl (C=O) groups excluding carboxylic acids is 1. The van der Waals surface area contributed by atoms with Crippen LogP contribution in [0.4, 0.5) is 0 Å². The Balaban J connectivity index is 2.68. The van der Waals surface area contributed by atoms with Gasteiger partial charge in [-0.05, 0) is 27.7 Å². The molecule has 0 aromatic heterocycles. The SMILES string of the molecule is COC(=O)C(C)(C)CN1CCNCC1(C)C. The highest BCUT2D eigenvalue weighted by atomic mass is 16.5. The first-order valence-electron chi connectivity index (χ1n) is 5.84. The van der Waals surface area contributed by atoms with Crippen molar-refractivity contribution in [2.24, 2.45) is 5.41 Å². The van der Waals surface area contributed by atoms with Crippen LogP contribution in [0.2, 0.25) is 0 Å². The van der Waals surface area contributed by atoms with Crippen LogP contribution in [0.15, 0.2) is 0 Å². The highest BCUT2D eigenvalue weighted by molar-refractivity contribution is 5.76. The second-order valence-electron chi connectivity index (χ2n) is 5.79. The summed E-state index contributed by atoms with van der Waals surface area (Å²) in [4.78, 5) is 14.0. The number of nitrogens with zero attached hydrogens (tertiary/aromatic N) is 1. The smallest absolute Gasteiger partial charge is 0.312 e. The largest absolute Gasteiger partial charge is 0.469 e. The van der Waals surface area contributed by atoms with Gasteiger partial charge in [-0.3, -0.25) is 9.69 Å². The molecule has 0 aromatic rings. The Morgan fingerprint density at radius 2 is 2.12 bits per heavy atom. The molecule has 1 rings (SSSR count). The second kappa shape index (κ2) is 4.72. The molecule has 16 heavy (non-hydrogen) atoms. The lowest BCUT2D eigenvalue weighted by Gasteiger charge is -2.45. The quantitative estimate of drug-likeness (QED) is 0.728. The number of esters is 1. The summed E-state index contributed by atoms with van der Waals surface area (Å²) in [6.07, 6.45) is 0. The third-order valence-electron chi connectivity index (χ3n) is 3.30. The molecule has 4 nitrogen and oxygen atoms in total. The molecule has 0 bridgehead atoms. The van der Waals surface area contributed by atoms with Crippen molar-refractivity contribution >= 4 is 5.97 Å². The Bertz CT molecular complexity index is 262. The van der Waals surface area contributed by atoms with Crippen molar-refractivity contribution in [2.75, 3.05) is 33.3 Å². The van der Waals surface area contributed by atoms with Crippen LogP contribution in [0.25, 0.3) is 0 Å². The number of rotatable bonds is 3. The summed E-state index contributed by atoms with van der Waals surface area (Å²) in [6.45, 7) is 12.0. The molecule has 0 saturated carbocycles. The Labute approximate surface area is 98.3 Å². The van der Waals surface area contributed by atoms with Crippen LogP contribution in [0, 0.1) is 5.41 Å². The van der Waals surface area contributed by atoms with E-state index in [1.54, 1.807) is 0 Å². The molecule has 4 heteroatoms. The first-order chi connectivity index (χ1) is 7.29. The molecule has 1 fully saturated rings. The Kier molecular flexibility index (Phi) is 3.97. The van der Waals surface area contributed by atoms with Crippen LogP contribution in [-0.2, 0) is 9.53 Å². The fourth-order valence-corrected chi connectivity index (χ4v) is 2.13. The zero-order valence-electron chi connectivity index (χ0n) is 11.1. The lowest BCUT2D eigenvalue weighted by Crippen LogP contribution is -2.60. The molecular formula is C12H24N2O2. The van der Waals surface area contributed by atoms with Gasteiger partial charge in [-0.15, -0.1) is 0 Å². The molecule has 0 aromatic carbocycles. The number of hydrogen-bond acceptors (Lipinski definition) is 4. The Hall–Kier alpha value is -0.610. The monoisotopic (exact) mass is 228 g/mol. The normalized spacial score (nSPS) is 21.8. The lowest BCUT2D eigenvalue weighted by molar-refractivity contribution is -0.152. The Morgan fingerprint density at radius 3 is 2.62 bits per heavy atom. The maximum absolute atomic E-state index is 11.7. The van der Waals surface area contributed by atoms with Crippen LogP contribution in [0.3, 0.4) is 0 Å². The third kappa shape index (κ3) is 2.95. The standard InChI is InChI=1S/C12H24N2O2/c1-11(2,10(15)16-5)9-14-7-6-13-8-12(14,3)4/h13H,6-9H2,1-5H3. The first kappa shape index (κ1) is 13.5. The van der Waals surface area contributed by atoms with Crippen molar-refractivity contribution in [3.05, 3.63) is 0 Å². The minimum Gasteiger partial charge on any atom is -0.469 e. The predicted molar refractivity (Wildman–Crippen MR) is 64.3 cm³/mol. The highest BCUT2D eigenvalue weighted by Gasteiger charge is 2.37. The molecule has 0 spiro atoms. The van der Waals surface area contributed by atoms with Crippen LogP contribution >= 0.6 is 0 Å². The van der Waals surface area contributed by atoms with Gasteiger partial charge in [-0.2, -0.15) is 0 Å². The van der Waals surface area contributed by atoms with Gasteiger partial charge in [0.2, 0.25) is 0 Å². The lowest BCUT2D eigenvalue weighted by atomic mass is 9.89. The van der Waals surface area contributed by atoms with Crippen molar-refractivity contribution < 1.29 is 9.53 Å². The molecule has 1 aliphatic rings. The highest BCUT2D eigenvalue weighted by Crippen LogP contribution is 2.25. The van der Waals surface area contributed by atoms with Crippen molar-refractivity contribution in [3.63, 3.8) is 0 Å². The third-order valence-corrected chi connectivity index (χ3v) is 3.30. The van der Waals surface area contributed by atoms with Gasteiger partial charge in [0, 0.05) is 31.7 Å². The minimum atomic E-state index is -0.441. The number of methoxy groups -OCH3 is 1. The molecule has 1 aliphatic heterocycles. The van der Waals surface area contributed by atoms with Crippen LogP contribution in [0.5, 0.6) is 0 Å². The summed E-state index contributed by atoms with van der Waals surface area (Å²) in [5.74, 6) is -0.137. The molecule has 0 atom stereocenters. The number of hydrogen-bond donors (Lipinski definition) is 1. The summed E-state index contributed by atoms with van der Waals surface area (Å²) in [5.41, 5.74) is -0.340. The van der Waals surface area contributed by atoms with Gasteiger partial charge in [0.1, 0.15) is 0 Å². The van der Waals surface area contributed by atoms with Crippen molar-refractivity contribution in [3.8, 4) is 0 Å². The van der Waals surface area contributed by atoms with Gasteiger partial charge in [0.05, 0.1) is 12.5 Å². The van der Waals surface area contributed by atoms with E-state index in [1.807, 2.05) is 13.8 Å². The van der Waals surface area contributed by atoms with Crippen molar-refractivity contribution in [1.29, 1.82) is 0 Å². The van der Waals surface area contributed by atoms with Gasteiger partial charge in [0.25, 0.3) is 0 Å². The van der Waals surface area contributed by atoms with Gasteiger partial charge in [-0.1, -0.05) is 0 Å². The van der Waals surface area contributed by atoms with E-state index in [9.17, 15) is 4.79 Å². The average Bonchev–Trinajstić information content (AvgIpc) is 2.19. The zero-order valence-corrected chi connectivity index (χ0v) is 11.1. The zero-order chi connectivity index (χ0) is 12.4. The average molecular weight is 228 g/mol. The van der Waals surface area contributed by atoms with Gasteiger partial charge in [0.15, 0.2) is 0 Å². The Morgan fingerprint density at radius 1 is 1.50 bits per heavy atom. The van der Waals surface area contributed by atoms with Crippen molar-refractivity contribution in [2.45, 2.75) is 33.2 Å². The van der Waals surface area contributed by atoms with E-state index in [0.29, 0.717) is 0 Å². The van der Waals surface area contributed by atoms with Crippen molar-refractivity contribution in [1.82, 2.24) is 10.2 Å². The molecule has 0 aliphatic carbocycles. The molecule has 1 saturated heterocycles. The van der Waals surface area contributed by atoms with Gasteiger partial charge in [-0.25, -0.2) is 0 Å². The van der Waals surface area contributed by atoms with Crippen LogP contribution in [0.1, 0.15) is 27.7 Å². The summed E-state index contributed by atoms with van der Waals surface area (Å²) < 4.78 is 4.84. The summed E-state index contributed by atoms with van der Waals surface area (Å²) >= 11 is 0. The number of nitrogens with one attached hydrogen (secondary N) is 1. The maximum atomic E-state index is 11.7. The van der Waals surface area contributed by atoms with E-state index >= 15 is 0 Å². The fraction of sp³-hybridized carbons (Fsp3) is 0.917. The van der Waals surface area contributed by atoms with E-state index in [-0.39, 0.29) is 11.5 Å². The molecule has 1 N–H and O–H groups in total. The van der Waals surface area contributed by atoms with E-state index in [4.69, 9.17) is 4.74 Å². The number of ether oxygens (including phenoxy) is 1. The van der Waals surface area contributed by atoms with E-state index in [0.717, 1.165) is 26.2 Å². The second-order valence-corrected chi connectivity index (χ2v) is 5.79. The first-order valence-corrected chi connectivity index (χ1v) is 5.84. The number of piperazine rings is 1. The molecule has 94 valence electrons. The van der Waals surface area contributed by atoms with Crippen LogP contribution < -0.4 is 5.32 Å². The van der Waals surface area contributed by atoms with E-state index in [2.05, 4.69) is 24.1 Å². The summed E-state index contributed by atoms with van der Waals surface area (Å²) in [5, 5.41) is 3.38. The minimum absolute atomic E-state index is 0.101. The maximum Gasteiger partial charge on any atom is 0.312 e. The van der Waals surface area contributed by atoms with Gasteiger partial charge >= 0.3 is 5.97 Å². The topological polar surface area (TPSA) is 41.6 Å². The van der Waals surface area contributed by atoms with E-state index < -0.39 is 5.41 Å². The van der Waals surface area contributed by atoms with E-state index in [1.165, 1.54) is 7.11 Å².